The molecule has 2 aliphatic heterocycles. The van der Waals surface area contributed by atoms with Crippen LogP contribution >= 0.6 is 0 Å². The van der Waals surface area contributed by atoms with Crippen LogP contribution in [-0.4, -0.2) is 119 Å². The molecule has 0 aromatic carbocycles. The Labute approximate surface area is 180 Å². The first-order chi connectivity index (χ1) is 14.5. The van der Waals surface area contributed by atoms with Crippen molar-refractivity contribution in [1.29, 1.82) is 0 Å². The number of aliphatic carboxylic acids is 1. The number of carboxylic acid groups (broad SMARTS) is 1. The predicted molar refractivity (Wildman–Crippen MR) is 93.2 cm³/mol. The summed E-state index contributed by atoms with van der Waals surface area (Å²) in [5, 5.41) is 49.4. The third kappa shape index (κ3) is 6.72. The maximum atomic E-state index is 11.3. The van der Waals surface area contributed by atoms with Gasteiger partial charge >= 0.3 is 26.8 Å². The molecule has 0 aromatic heterocycles. The summed E-state index contributed by atoms with van der Waals surface area (Å²) in [7, 11) is -10.3. The SMILES string of the molecule is CC1C(O)OC(COS(=O)(=O)O)C(OC2OC(C(=O)O)C(O)C(O)C2OS(=O)(=O)O)C1O. The fourth-order valence-electron chi connectivity index (χ4n) is 3.07. The van der Waals surface area contributed by atoms with Crippen LogP contribution in [0.2, 0.25) is 0 Å². The molecule has 0 radical (unpaired) electrons. The van der Waals surface area contributed by atoms with Crippen LogP contribution in [0, 0.1) is 5.92 Å². The maximum absolute atomic E-state index is 11.3. The van der Waals surface area contributed by atoms with E-state index in [9.17, 15) is 42.1 Å². The molecule has 2 aliphatic rings. The maximum Gasteiger partial charge on any atom is 0.397 e. The van der Waals surface area contributed by atoms with Crippen LogP contribution in [0.15, 0.2) is 0 Å². The average Bonchev–Trinajstić information content (AvgIpc) is 2.64. The molecule has 0 saturated carbocycles. The number of carbonyl (C=O) groups is 1. The lowest BCUT2D eigenvalue weighted by Crippen LogP contribution is -2.64. The molecule has 2 rings (SSSR count). The van der Waals surface area contributed by atoms with Crippen LogP contribution in [0.3, 0.4) is 0 Å². The summed E-state index contributed by atoms with van der Waals surface area (Å²) < 4.78 is 85.3. The lowest BCUT2D eigenvalue weighted by Gasteiger charge is -2.45. The second-order valence-corrected chi connectivity index (χ2v) is 9.10. The molecule has 2 heterocycles. The quantitative estimate of drug-likeness (QED) is 0.151. The lowest BCUT2D eigenvalue weighted by molar-refractivity contribution is -0.341. The molecule has 0 bridgehead atoms. The van der Waals surface area contributed by atoms with Crippen molar-refractivity contribution in [2.24, 2.45) is 5.92 Å². The highest BCUT2D eigenvalue weighted by molar-refractivity contribution is 7.81. The first kappa shape index (κ1) is 27.2. The van der Waals surface area contributed by atoms with E-state index in [-0.39, 0.29) is 0 Å². The van der Waals surface area contributed by atoms with Gasteiger partial charge < -0.3 is 39.7 Å². The van der Waals surface area contributed by atoms with Crippen molar-refractivity contribution in [3.8, 4) is 0 Å². The predicted octanol–water partition coefficient (Wildman–Crippen LogP) is -4.38. The molecule has 10 atom stereocenters. The van der Waals surface area contributed by atoms with Crippen LogP contribution in [0.5, 0.6) is 0 Å². The second kappa shape index (κ2) is 10.0. The normalized spacial score (nSPS) is 41.3. The lowest BCUT2D eigenvalue weighted by atomic mass is 9.92. The van der Waals surface area contributed by atoms with Crippen molar-refractivity contribution in [3.63, 3.8) is 0 Å². The number of hydrogen-bond donors (Lipinski definition) is 7. The highest BCUT2D eigenvalue weighted by Gasteiger charge is 2.53. The van der Waals surface area contributed by atoms with E-state index in [0.29, 0.717) is 0 Å². The molecular weight excluding hydrogens is 492 g/mol. The van der Waals surface area contributed by atoms with E-state index in [2.05, 4.69) is 8.37 Å². The molecule has 188 valence electrons. The number of carboxylic acids is 1. The number of aliphatic hydroxyl groups is 4. The molecule has 19 heteroatoms. The number of aliphatic hydroxyl groups excluding tert-OH is 4. The van der Waals surface area contributed by atoms with Crippen LogP contribution in [0.4, 0.5) is 0 Å². The minimum Gasteiger partial charge on any atom is -0.479 e. The third-order valence-corrected chi connectivity index (χ3v) is 5.60. The number of hydrogen-bond acceptors (Lipinski definition) is 14. The Balaban J connectivity index is 2.36. The van der Waals surface area contributed by atoms with Gasteiger partial charge in [-0.2, -0.15) is 16.8 Å². The van der Waals surface area contributed by atoms with Crippen LogP contribution in [-0.2, 0) is 48.2 Å². The van der Waals surface area contributed by atoms with Crippen LogP contribution in [0.25, 0.3) is 0 Å². The molecule has 2 fully saturated rings. The molecule has 0 aromatic rings. The van der Waals surface area contributed by atoms with Gasteiger partial charge in [0.05, 0.1) is 12.7 Å². The van der Waals surface area contributed by atoms with Gasteiger partial charge in [0.2, 0.25) is 0 Å². The van der Waals surface area contributed by atoms with Gasteiger partial charge in [-0.05, 0) is 0 Å². The largest absolute Gasteiger partial charge is 0.479 e. The van der Waals surface area contributed by atoms with Gasteiger partial charge in [-0.3, -0.25) is 9.11 Å². The second-order valence-electron chi connectivity index (χ2n) is 6.96. The zero-order valence-corrected chi connectivity index (χ0v) is 17.6. The van der Waals surface area contributed by atoms with E-state index in [4.69, 9.17) is 28.4 Å². The summed E-state index contributed by atoms with van der Waals surface area (Å²) >= 11 is 0. The van der Waals surface area contributed by atoms with Crippen molar-refractivity contribution in [2.45, 2.75) is 62.2 Å². The zero-order valence-electron chi connectivity index (χ0n) is 16.0. The standard InChI is InChI=1S/C13H22O17S2/c1-3-5(14)8(4(27-12(3)19)2-26-31(20,21)22)28-13-10(30-32(23,24)25)7(16)6(15)9(29-13)11(17)18/h3-10,12-16,19H,2H2,1H3,(H,17,18)(H,20,21,22)(H,23,24,25). The van der Waals surface area contributed by atoms with Gasteiger partial charge in [0, 0.05) is 5.92 Å². The zero-order chi connectivity index (χ0) is 24.6. The Bertz CT molecular complexity index is 873. The minimum absolute atomic E-state index is 1.05. The van der Waals surface area contributed by atoms with Crippen molar-refractivity contribution in [3.05, 3.63) is 0 Å². The van der Waals surface area contributed by atoms with E-state index in [1.165, 1.54) is 6.92 Å². The topological polar surface area (TPSA) is 273 Å². The third-order valence-electron chi connectivity index (χ3n) is 4.70. The fourth-order valence-corrected chi connectivity index (χ4v) is 3.86. The van der Waals surface area contributed by atoms with Crippen LogP contribution < -0.4 is 0 Å². The molecule has 0 spiro atoms. The van der Waals surface area contributed by atoms with Crippen LogP contribution in [0.1, 0.15) is 6.92 Å². The summed E-state index contributed by atoms with van der Waals surface area (Å²) in [6, 6.07) is 0. The number of ether oxygens (including phenoxy) is 3. The smallest absolute Gasteiger partial charge is 0.397 e. The summed E-state index contributed by atoms with van der Waals surface area (Å²) in [6.07, 6.45) is -18.1. The summed E-state index contributed by atoms with van der Waals surface area (Å²) in [4.78, 5) is 11.3. The molecule has 0 aliphatic carbocycles. The van der Waals surface area contributed by atoms with Gasteiger partial charge in [0.1, 0.15) is 24.4 Å². The molecule has 2 saturated heterocycles. The van der Waals surface area contributed by atoms with E-state index < -0.39 is 94.6 Å². The van der Waals surface area contributed by atoms with Crippen molar-refractivity contribution >= 4 is 26.8 Å². The first-order valence-electron chi connectivity index (χ1n) is 8.71. The average molecular weight is 514 g/mol. The highest BCUT2D eigenvalue weighted by Crippen LogP contribution is 2.32. The molecule has 17 nitrogen and oxygen atoms in total. The van der Waals surface area contributed by atoms with Crippen molar-refractivity contribution in [1.82, 2.24) is 0 Å². The van der Waals surface area contributed by atoms with Crippen molar-refractivity contribution < 1.29 is 78.8 Å². The molecule has 10 unspecified atom stereocenters. The first-order valence-corrected chi connectivity index (χ1v) is 11.4. The van der Waals surface area contributed by atoms with E-state index >= 15 is 0 Å². The summed E-state index contributed by atoms with van der Waals surface area (Å²) in [5.74, 6) is -2.93. The summed E-state index contributed by atoms with van der Waals surface area (Å²) in [6.45, 7) is 0.215. The minimum atomic E-state index is -5.32. The van der Waals surface area contributed by atoms with E-state index in [1.807, 2.05) is 0 Å². The Morgan fingerprint density at radius 1 is 0.906 bits per heavy atom. The van der Waals surface area contributed by atoms with Gasteiger partial charge in [0.15, 0.2) is 24.8 Å². The Morgan fingerprint density at radius 2 is 1.50 bits per heavy atom. The van der Waals surface area contributed by atoms with Crippen molar-refractivity contribution in [2.75, 3.05) is 6.61 Å². The van der Waals surface area contributed by atoms with Gasteiger partial charge in [-0.1, -0.05) is 6.92 Å². The van der Waals surface area contributed by atoms with Gasteiger partial charge in [-0.25, -0.2) is 13.2 Å². The summed E-state index contributed by atoms with van der Waals surface area (Å²) in [5.41, 5.74) is 0. The Kier molecular flexibility index (Phi) is 8.53. The monoisotopic (exact) mass is 514 g/mol. The van der Waals surface area contributed by atoms with Gasteiger partial charge in [-0.15, -0.1) is 0 Å². The fraction of sp³-hybridized carbons (Fsp3) is 0.923. The molecule has 32 heavy (non-hydrogen) atoms. The van der Waals surface area contributed by atoms with E-state index in [1.54, 1.807) is 0 Å². The highest BCUT2D eigenvalue weighted by atomic mass is 32.3. The van der Waals surface area contributed by atoms with E-state index in [0.717, 1.165) is 0 Å². The van der Waals surface area contributed by atoms with Gasteiger partial charge in [0.25, 0.3) is 0 Å². The molecule has 0 amide bonds. The Hall–Kier alpha value is -1.07. The molecular formula is C13H22O17S2. The Morgan fingerprint density at radius 3 is 2.00 bits per heavy atom. The molecule has 7 N–H and O–H groups in total. The number of rotatable bonds is 8.